The van der Waals surface area contributed by atoms with E-state index in [2.05, 4.69) is 46.5 Å². The van der Waals surface area contributed by atoms with Crippen LogP contribution in [0.1, 0.15) is 41.0 Å². The molecule has 36 heavy (non-hydrogen) atoms. The lowest BCUT2D eigenvalue weighted by molar-refractivity contribution is -0.151. The number of benzene rings is 2. The van der Waals surface area contributed by atoms with E-state index in [9.17, 15) is 4.57 Å². The van der Waals surface area contributed by atoms with Crippen LogP contribution in [0.4, 0.5) is 0 Å². The van der Waals surface area contributed by atoms with Crippen molar-refractivity contribution in [2.75, 3.05) is 6.16 Å². The van der Waals surface area contributed by atoms with Crippen LogP contribution in [0.2, 0.25) is 18.1 Å². The molecule has 1 aliphatic heterocycles. The van der Waals surface area contributed by atoms with Crippen molar-refractivity contribution >= 4 is 26.1 Å². The highest BCUT2D eigenvalue weighted by Gasteiger charge is 2.52. The maximum atomic E-state index is 14.6. The normalized spacial score (nSPS) is 25.7. The first-order chi connectivity index (χ1) is 16.7. The summed E-state index contributed by atoms with van der Waals surface area (Å²) in [6.45, 7) is 19.6. The maximum Gasteiger partial charge on any atom is 0.192 e. The van der Waals surface area contributed by atoms with Gasteiger partial charge in [0.25, 0.3) is 0 Å². The predicted molar refractivity (Wildman–Crippen MR) is 152 cm³/mol. The van der Waals surface area contributed by atoms with E-state index >= 15 is 0 Å². The first kappa shape index (κ1) is 27.3. The number of rotatable bonds is 6. The summed E-state index contributed by atoms with van der Waals surface area (Å²) in [5.74, 6) is -0.702. The minimum absolute atomic E-state index is 0.0755. The summed E-state index contributed by atoms with van der Waals surface area (Å²) >= 11 is 0. The average molecular weight is 525 g/mol. The van der Waals surface area contributed by atoms with Gasteiger partial charge in [-0.25, -0.2) is 0 Å². The standard InChI is InChI=1S/C30H41O4PSi/c1-22-23(19-20-35(31,24-15-11-9-12-16-24)25-17-13-10-14-18-25)21-26(34-36(7,8)29(2,3)4)28-27(22)32-30(5,6)33-28/h9-19,26-28H,1,20-21H2,2-8H3/b23-19-/t26-,27-,28-/m1/s1. The molecule has 4 nitrogen and oxygen atoms in total. The minimum Gasteiger partial charge on any atom is -0.411 e. The Balaban J connectivity index is 1.70. The van der Waals surface area contributed by atoms with Gasteiger partial charge in [-0.3, -0.25) is 0 Å². The van der Waals surface area contributed by atoms with Crippen LogP contribution in [-0.2, 0) is 18.5 Å². The fourth-order valence-electron chi connectivity index (χ4n) is 4.79. The Hall–Kier alpha value is -1.75. The summed E-state index contributed by atoms with van der Waals surface area (Å²) in [5, 5.41) is 1.80. The molecular formula is C30H41O4PSi. The van der Waals surface area contributed by atoms with Gasteiger partial charge in [0.2, 0.25) is 0 Å². The summed E-state index contributed by atoms with van der Waals surface area (Å²) in [6.07, 6.45) is 2.61. The van der Waals surface area contributed by atoms with Crippen LogP contribution in [0.5, 0.6) is 0 Å². The molecule has 1 heterocycles. The first-order valence-electron chi connectivity index (χ1n) is 12.9. The number of hydrogen-bond acceptors (Lipinski definition) is 4. The van der Waals surface area contributed by atoms with Crippen LogP contribution >= 0.6 is 7.14 Å². The molecule has 0 aromatic heterocycles. The van der Waals surface area contributed by atoms with Gasteiger partial charge in [-0.2, -0.15) is 0 Å². The summed E-state index contributed by atoms with van der Waals surface area (Å²) in [6, 6.07) is 19.6. The van der Waals surface area contributed by atoms with Gasteiger partial charge in [0, 0.05) is 23.2 Å². The third-order valence-corrected chi connectivity index (χ3v) is 15.3. The molecule has 0 amide bonds. The lowest BCUT2D eigenvalue weighted by Gasteiger charge is -2.43. The van der Waals surface area contributed by atoms with Gasteiger partial charge in [-0.15, -0.1) is 0 Å². The molecule has 2 aromatic rings. The highest BCUT2D eigenvalue weighted by molar-refractivity contribution is 7.78. The lowest BCUT2D eigenvalue weighted by Crippen LogP contribution is -2.51. The molecule has 2 aliphatic rings. The average Bonchev–Trinajstić information content (AvgIpc) is 3.16. The van der Waals surface area contributed by atoms with Crippen LogP contribution < -0.4 is 10.6 Å². The maximum absolute atomic E-state index is 14.6. The number of allylic oxidation sites excluding steroid dienone is 1. The molecule has 194 valence electrons. The molecule has 4 rings (SSSR count). The van der Waals surface area contributed by atoms with Crippen molar-refractivity contribution in [3.63, 3.8) is 0 Å². The Bertz CT molecular complexity index is 1120. The van der Waals surface area contributed by atoms with Gasteiger partial charge in [0.15, 0.2) is 14.1 Å². The predicted octanol–water partition coefficient (Wildman–Crippen LogP) is 6.80. The molecule has 0 N–H and O–H groups in total. The summed E-state index contributed by atoms with van der Waals surface area (Å²) in [5.41, 5.74) is 1.97. The molecule has 0 bridgehead atoms. The molecular weight excluding hydrogens is 483 g/mol. The topological polar surface area (TPSA) is 44.8 Å². The second kappa shape index (κ2) is 9.85. The molecule has 0 spiro atoms. The summed E-state index contributed by atoms with van der Waals surface area (Å²) in [4.78, 5) is 0. The Labute approximate surface area is 218 Å². The van der Waals surface area contributed by atoms with E-state index in [1.165, 1.54) is 0 Å². The monoisotopic (exact) mass is 524 g/mol. The number of fused-ring (bicyclic) bond motifs is 1. The molecule has 3 atom stereocenters. The van der Waals surface area contributed by atoms with E-state index < -0.39 is 21.2 Å². The summed E-state index contributed by atoms with van der Waals surface area (Å²) in [7, 11) is -4.94. The van der Waals surface area contributed by atoms with Crippen molar-refractivity contribution in [3.05, 3.63) is 84.5 Å². The largest absolute Gasteiger partial charge is 0.411 e. The van der Waals surface area contributed by atoms with Gasteiger partial charge < -0.3 is 18.5 Å². The van der Waals surface area contributed by atoms with Gasteiger partial charge in [-0.05, 0) is 43.1 Å². The van der Waals surface area contributed by atoms with Crippen LogP contribution in [0.3, 0.4) is 0 Å². The Morgan fingerprint density at radius 2 is 1.56 bits per heavy atom. The third-order valence-electron chi connectivity index (χ3n) is 7.87. The number of hydrogen-bond donors (Lipinski definition) is 0. The van der Waals surface area contributed by atoms with Crippen molar-refractivity contribution in [1.29, 1.82) is 0 Å². The molecule has 1 saturated heterocycles. The zero-order chi connectivity index (χ0) is 26.4. The molecule has 1 aliphatic carbocycles. The fraction of sp³-hybridized carbons (Fsp3) is 0.467. The quantitative estimate of drug-likeness (QED) is 0.308. The first-order valence-corrected chi connectivity index (χ1v) is 17.7. The third kappa shape index (κ3) is 5.42. The summed E-state index contributed by atoms with van der Waals surface area (Å²) < 4.78 is 34.2. The second-order valence-corrected chi connectivity index (χ2v) is 19.6. The van der Waals surface area contributed by atoms with Crippen molar-refractivity contribution in [3.8, 4) is 0 Å². The van der Waals surface area contributed by atoms with Crippen molar-refractivity contribution < 1.29 is 18.5 Å². The van der Waals surface area contributed by atoms with Gasteiger partial charge in [-0.1, -0.05) is 94.1 Å². The van der Waals surface area contributed by atoms with E-state index in [1.54, 1.807) is 0 Å². The molecule has 0 radical (unpaired) electrons. The SMILES string of the molecule is C=C1/C(=C\CP(=O)(c2ccccc2)c2ccccc2)C[C@@H](O[Si](C)(C)C(C)(C)C)[C@H]2OC(C)(C)O[C@H]12. The van der Waals surface area contributed by atoms with Gasteiger partial charge in [0.05, 0.1) is 6.10 Å². The zero-order valence-corrected chi connectivity index (χ0v) is 24.7. The van der Waals surface area contributed by atoms with Crippen LogP contribution in [0, 0.1) is 0 Å². The molecule has 6 heteroatoms. The second-order valence-electron chi connectivity index (χ2n) is 12.0. The van der Waals surface area contributed by atoms with E-state index in [0.717, 1.165) is 21.8 Å². The van der Waals surface area contributed by atoms with E-state index in [4.69, 9.17) is 13.9 Å². The Morgan fingerprint density at radius 3 is 2.06 bits per heavy atom. The highest BCUT2D eigenvalue weighted by Crippen LogP contribution is 2.48. The van der Waals surface area contributed by atoms with Crippen molar-refractivity contribution in [2.24, 2.45) is 0 Å². The molecule has 2 aromatic carbocycles. The van der Waals surface area contributed by atoms with Crippen LogP contribution in [0.25, 0.3) is 0 Å². The van der Waals surface area contributed by atoms with E-state index in [0.29, 0.717) is 12.6 Å². The van der Waals surface area contributed by atoms with Crippen LogP contribution in [0.15, 0.2) is 84.5 Å². The van der Waals surface area contributed by atoms with Crippen molar-refractivity contribution in [2.45, 2.75) is 83.3 Å². The highest BCUT2D eigenvalue weighted by atomic mass is 31.2. The Kier molecular flexibility index (Phi) is 7.47. The zero-order valence-electron chi connectivity index (χ0n) is 22.8. The van der Waals surface area contributed by atoms with Crippen LogP contribution in [-0.4, -0.2) is 38.6 Å². The molecule has 2 fully saturated rings. The van der Waals surface area contributed by atoms with Crippen molar-refractivity contribution in [1.82, 2.24) is 0 Å². The van der Waals surface area contributed by atoms with Gasteiger partial charge >= 0.3 is 0 Å². The fourth-order valence-corrected chi connectivity index (χ4v) is 8.62. The Morgan fingerprint density at radius 1 is 1.03 bits per heavy atom. The smallest absolute Gasteiger partial charge is 0.192 e. The van der Waals surface area contributed by atoms with E-state index in [1.807, 2.05) is 74.5 Å². The molecule has 0 unspecified atom stereocenters. The lowest BCUT2D eigenvalue weighted by atomic mass is 9.84. The minimum atomic E-state index is -2.88. The van der Waals surface area contributed by atoms with Gasteiger partial charge in [0.1, 0.15) is 19.3 Å². The molecule has 1 saturated carbocycles. The van der Waals surface area contributed by atoms with E-state index in [-0.39, 0.29) is 23.4 Å². The number of ether oxygens (including phenoxy) is 2.